The monoisotopic (exact) mass is 250 g/mol. The molecular formula is C15H19ClO. The van der Waals surface area contributed by atoms with Crippen molar-refractivity contribution in [3.63, 3.8) is 0 Å². The van der Waals surface area contributed by atoms with E-state index in [-0.39, 0.29) is 0 Å². The van der Waals surface area contributed by atoms with Gasteiger partial charge in [-0.1, -0.05) is 44.0 Å². The first-order chi connectivity index (χ1) is 8.13. The molecule has 0 aliphatic heterocycles. The van der Waals surface area contributed by atoms with Gasteiger partial charge in [0.1, 0.15) is 0 Å². The van der Waals surface area contributed by atoms with Crippen LogP contribution in [-0.2, 0) is 11.2 Å². The van der Waals surface area contributed by atoms with Crippen LogP contribution in [0, 0.1) is 0 Å². The van der Waals surface area contributed by atoms with Crippen molar-refractivity contribution in [1.82, 2.24) is 0 Å². The Hall–Kier alpha value is -1.08. The highest BCUT2D eigenvalue weighted by atomic mass is 35.5. The van der Waals surface area contributed by atoms with Gasteiger partial charge in [-0.3, -0.25) is 4.79 Å². The second kappa shape index (κ2) is 7.29. The molecular weight excluding hydrogens is 232 g/mol. The molecule has 1 nitrogen and oxygen atoms in total. The van der Waals surface area contributed by atoms with Crippen LogP contribution >= 0.6 is 11.6 Å². The van der Waals surface area contributed by atoms with Crippen molar-refractivity contribution in [2.75, 3.05) is 0 Å². The Morgan fingerprint density at radius 3 is 2.41 bits per heavy atom. The maximum atomic E-state index is 10.8. The standard InChI is InChI=1S/C15H19ClO/c1-3-4-5-6-13-7-9-14(10-8-13)12(2)11-15(16)17/h7-11H,3-6H2,1-2H3/b12-11+. The Kier molecular flexibility index (Phi) is 5.99. The van der Waals surface area contributed by atoms with Crippen LogP contribution in [0.15, 0.2) is 30.3 Å². The van der Waals surface area contributed by atoms with Gasteiger partial charge in [0.15, 0.2) is 0 Å². The molecule has 0 N–H and O–H groups in total. The molecule has 0 radical (unpaired) electrons. The molecule has 0 aliphatic rings. The van der Waals surface area contributed by atoms with Crippen molar-refractivity contribution in [2.24, 2.45) is 0 Å². The van der Waals surface area contributed by atoms with Crippen LogP contribution in [0.2, 0.25) is 0 Å². The highest BCUT2D eigenvalue weighted by Gasteiger charge is 1.99. The molecule has 92 valence electrons. The summed E-state index contributed by atoms with van der Waals surface area (Å²) in [4.78, 5) is 10.8. The van der Waals surface area contributed by atoms with E-state index < -0.39 is 5.24 Å². The number of halogens is 1. The van der Waals surface area contributed by atoms with Crippen molar-refractivity contribution < 1.29 is 4.79 Å². The van der Waals surface area contributed by atoms with Crippen molar-refractivity contribution in [1.29, 1.82) is 0 Å². The van der Waals surface area contributed by atoms with Gasteiger partial charge in [-0.05, 0) is 48.1 Å². The van der Waals surface area contributed by atoms with Gasteiger partial charge in [0, 0.05) is 6.08 Å². The van der Waals surface area contributed by atoms with Gasteiger partial charge >= 0.3 is 0 Å². The zero-order valence-electron chi connectivity index (χ0n) is 10.5. The van der Waals surface area contributed by atoms with Gasteiger partial charge in [0.05, 0.1) is 0 Å². The summed E-state index contributed by atoms with van der Waals surface area (Å²) in [6, 6.07) is 8.35. The molecule has 1 rings (SSSR count). The number of hydrogen-bond donors (Lipinski definition) is 0. The largest absolute Gasteiger partial charge is 0.276 e. The quantitative estimate of drug-likeness (QED) is 0.410. The SMILES string of the molecule is CCCCCc1ccc(/C(C)=C/C(=O)Cl)cc1. The lowest BCUT2D eigenvalue weighted by molar-refractivity contribution is -0.107. The van der Waals surface area contributed by atoms with E-state index in [1.54, 1.807) is 0 Å². The van der Waals surface area contributed by atoms with E-state index in [0.29, 0.717) is 0 Å². The first-order valence-corrected chi connectivity index (χ1v) is 6.48. The van der Waals surface area contributed by atoms with E-state index in [0.717, 1.165) is 17.6 Å². The van der Waals surface area contributed by atoms with Crippen LogP contribution in [0.1, 0.15) is 44.2 Å². The van der Waals surface area contributed by atoms with Gasteiger partial charge in [-0.2, -0.15) is 0 Å². The predicted molar refractivity (Wildman–Crippen MR) is 74.2 cm³/mol. The smallest absolute Gasteiger partial charge is 0.245 e. The molecule has 2 heteroatoms. The van der Waals surface area contributed by atoms with Gasteiger partial charge in [-0.25, -0.2) is 0 Å². The van der Waals surface area contributed by atoms with Gasteiger partial charge in [-0.15, -0.1) is 0 Å². The molecule has 0 aliphatic carbocycles. The lowest BCUT2D eigenvalue weighted by Gasteiger charge is -2.04. The lowest BCUT2D eigenvalue weighted by Crippen LogP contribution is -1.88. The van der Waals surface area contributed by atoms with Crippen LogP contribution in [0.5, 0.6) is 0 Å². The normalized spacial score (nSPS) is 11.6. The molecule has 0 fully saturated rings. The average Bonchev–Trinajstić information content (AvgIpc) is 2.29. The Morgan fingerprint density at radius 1 is 1.24 bits per heavy atom. The minimum Gasteiger partial charge on any atom is -0.276 e. The summed E-state index contributed by atoms with van der Waals surface area (Å²) in [5.74, 6) is 0. The maximum Gasteiger partial charge on any atom is 0.245 e. The first-order valence-electron chi connectivity index (χ1n) is 6.10. The summed E-state index contributed by atoms with van der Waals surface area (Å²) in [5, 5.41) is -0.422. The number of allylic oxidation sites excluding steroid dienone is 2. The molecule has 0 saturated heterocycles. The molecule has 1 aromatic carbocycles. The molecule has 0 heterocycles. The molecule has 0 aromatic heterocycles. The second-order valence-electron chi connectivity index (χ2n) is 4.29. The summed E-state index contributed by atoms with van der Waals surface area (Å²) in [5.41, 5.74) is 3.32. The number of carbonyl (C=O) groups excluding carboxylic acids is 1. The fraction of sp³-hybridized carbons (Fsp3) is 0.400. The third-order valence-electron chi connectivity index (χ3n) is 2.81. The summed E-state index contributed by atoms with van der Waals surface area (Å²) in [7, 11) is 0. The van der Waals surface area contributed by atoms with E-state index in [1.165, 1.54) is 30.9 Å². The highest BCUT2D eigenvalue weighted by Crippen LogP contribution is 2.16. The fourth-order valence-electron chi connectivity index (χ4n) is 1.77. The van der Waals surface area contributed by atoms with E-state index in [2.05, 4.69) is 19.1 Å². The third-order valence-corrected chi connectivity index (χ3v) is 2.92. The number of carbonyl (C=O) groups is 1. The maximum absolute atomic E-state index is 10.8. The minimum atomic E-state index is -0.422. The van der Waals surface area contributed by atoms with Crippen molar-refractivity contribution in [3.05, 3.63) is 41.5 Å². The Balaban J connectivity index is 2.64. The van der Waals surface area contributed by atoms with E-state index in [1.807, 2.05) is 19.1 Å². The van der Waals surface area contributed by atoms with Crippen molar-refractivity contribution >= 4 is 22.4 Å². The molecule has 0 amide bonds. The average molecular weight is 251 g/mol. The first kappa shape index (κ1) is 14.0. The second-order valence-corrected chi connectivity index (χ2v) is 4.66. The number of hydrogen-bond acceptors (Lipinski definition) is 1. The number of rotatable bonds is 6. The van der Waals surface area contributed by atoms with Crippen LogP contribution in [0.4, 0.5) is 0 Å². The Bertz CT molecular complexity index is 390. The van der Waals surface area contributed by atoms with Crippen LogP contribution in [0.25, 0.3) is 5.57 Å². The van der Waals surface area contributed by atoms with E-state index >= 15 is 0 Å². The fourth-order valence-corrected chi connectivity index (χ4v) is 1.93. The third kappa shape index (κ3) is 5.18. The summed E-state index contributed by atoms with van der Waals surface area (Å²) >= 11 is 5.32. The Labute approximate surface area is 108 Å². The van der Waals surface area contributed by atoms with Gasteiger partial charge in [0.2, 0.25) is 5.24 Å². The predicted octanol–water partition coefficient (Wildman–Crippen LogP) is 4.59. The summed E-state index contributed by atoms with van der Waals surface area (Å²) < 4.78 is 0. The zero-order chi connectivity index (χ0) is 12.7. The number of aryl methyl sites for hydroxylation is 1. The molecule has 0 spiro atoms. The summed E-state index contributed by atoms with van der Waals surface area (Å²) in [6.07, 6.45) is 6.35. The topological polar surface area (TPSA) is 17.1 Å². The van der Waals surface area contributed by atoms with E-state index in [4.69, 9.17) is 11.6 Å². The van der Waals surface area contributed by atoms with Crippen LogP contribution in [-0.4, -0.2) is 5.24 Å². The van der Waals surface area contributed by atoms with Crippen molar-refractivity contribution in [2.45, 2.75) is 39.5 Å². The van der Waals surface area contributed by atoms with Gasteiger partial charge < -0.3 is 0 Å². The van der Waals surface area contributed by atoms with E-state index in [9.17, 15) is 4.79 Å². The number of unbranched alkanes of at least 4 members (excludes halogenated alkanes) is 2. The molecule has 0 saturated carbocycles. The Morgan fingerprint density at radius 2 is 1.88 bits per heavy atom. The molecule has 0 bridgehead atoms. The number of benzene rings is 1. The summed E-state index contributed by atoms with van der Waals surface area (Å²) in [6.45, 7) is 4.10. The molecule has 0 unspecified atom stereocenters. The highest BCUT2D eigenvalue weighted by molar-refractivity contribution is 6.66. The lowest BCUT2D eigenvalue weighted by atomic mass is 10.0. The van der Waals surface area contributed by atoms with Crippen LogP contribution in [0.3, 0.4) is 0 Å². The van der Waals surface area contributed by atoms with Crippen LogP contribution < -0.4 is 0 Å². The molecule has 0 atom stereocenters. The molecule has 17 heavy (non-hydrogen) atoms. The minimum absolute atomic E-state index is 0.422. The van der Waals surface area contributed by atoms with Gasteiger partial charge in [0.25, 0.3) is 0 Å². The zero-order valence-corrected chi connectivity index (χ0v) is 11.3. The molecule has 1 aromatic rings. The van der Waals surface area contributed by atoms with Crippen molar-refractivity contribution in [3.8, 4) is 0 Å².